The molecule has 0 amide bonds. The van der Waals surface area contributed by atoms with E-state index in [0.29, 0.717) is 0 Å². The molecule has 0 spiro atoms. The van der Waals surface area contributed by atoms with Crippen molar-refractivity contribution in [3.05, 3.63) is 16.2 Å². The highest BCUT2D eigenvalue weighted by Crippen LogP contribution is 2.30. The molecule has 2 rings (SSSR count). The van der Waals surface area contributed by atoms with Crippen LogP contribution in [-0.2, 0) is 0 Å². The number of halogens is 1. The fourth-order valence-corrected chi connectivity index (χ4v) is 3.60. The minimum atomic E-state index is 0.0920. The monoisotopic (exact) mass is 317 g/mol. The van der Waals surface area contributed by atoms with Gasteiger partial charge < -0.3 is 10.4 Å². The van der Waals surface area contributed by atoms with E-state index in [1.807, 2.05) is 20.1 Å². The van der Waals surface area contributed by atoms with Gasteiger partial charge in [-0.3, -0.25) is 0 Å². The van der Waals surface area contributed by atoms with E-state index in [4.69, 9.17) is 11.6 Å². The topological polar surface area (TPSA) is 58.0 Å². The summed E-state index contributed by atoms with van der Waals surface area (Å²) < 4.78 is 0. The van der Waals surface area contributed by atoms with Crippen LogP contribution < -0.4 is 5.32 Å². The first-order chi connectivity index (χ1) is 9.05. The van der Waals surface area contributed by atoms with Gasteiger partial charge in [0.2, 0.25) is 5.28 Å². The Hall–Kier alpha value is -0.560. The number of aliphatic hydroxyl groups is 1. The van der Waals surface area contributed by atoms with E-state index >= 15 is 0 Å². The summed E-state index contributed by atoms with van der Waals surface area (Å²) >= 11 is 9.18. The molecule has 0 radical (unpaired) electrons. The van der Waals surface area contributed by atoms with Gasteiger partial charge in [-0.25, -0.2) is 9.97 Å². The summed E-state index contributed by atoms with van der Waals surface area (Å²) in [4.78, 5) is 10.6. The molecule has 2 aromatic rings. The van der Waals surface area contributed by atoms with Crippen LogP contribution in [0.25, 0.3) is 10.2 Å². The van der Waals surface area contributed by atoms with Gasteiger partial charge in [-0.05, 0) is 37.8 Å². The molecular formula is C12H16ClN3OS2. The maximum Gasteiger partial charge on any atom is 0.225 e. The lowest BCUT2D eigenvalue weighted by molar-refractivity contribution is 0.288. The van der Waals surface area contributed by atoms with Crippen LogP contribution in [0.15, 0.2) is 6.07 Å². The molecule has 0 bridgehead atoms. The second-order valence-corrected chi connectivity index (χ2v) is 6.96. The van der Waals surface area contributed by atoms with Crippen molar-refractivity contribution in [2.45, 2.75) is 25.1 Å². The van der Waals surface area contributed by atoms with Gasteiger partial charge >= 0.3 is 0 Å². The molecule has 2 unspecified atom stereocenters. The van der Waals surface area contributed by atoms with Crippen LogP contribution in [0.2, 0.25) is 5.28 Å². The zero-order chi connectivity index (χ0) is 14.0. The number of thioether (sulfide) groups is 1. The van der Waals surface area contributed by atoms with E-state index in [-0.39, 0.29) is 23.2 Å². The molecule has 4 nitrogen and oxygen atoms in total. The minimum Gasteiger partial charge on any atom is -0.395 e. The molecular weight excluding hydrogens is 302 g/mol. The smallest absolute Gasteiger partial charge is 0.225 e. The first-order valence-electron chi connectivity index (χ1n) is 5.89. The third-order valence-electron chi connectivity index (χ3n) is 2.89. The zero-order valence-electron chi connectivity index (χ0n) is 11.0. The molecule has 0 saturated carbocycles. The van der Waals surface area contributed by atoms with E-state index < -0.39 is 0 Å². The molecule has 0 aliphatic carbocycles. The number of aromatic nitrogens is 2. The van der Waals surface area contributed by atoms with E-state index in [0.717, 1.165) is 16.0 Å². The summed E-state index contributed by atoms with van der Waals surface area (Å²) in [5, 5.41) is 14.0. The molecule has 0 saturated heterocycles. The van der Waals surface area contributed by atoms with E-state index in [9.17, 15) is 5.11 Å². The summed E-state index contributed by atoms with van der Waals surface area (Å²) in [6.07, 6.45) is 1.98. The SMILES string of the molecule is CSC(CO)C(C)Nc1nc(Cl)nc2sc(C)cc12. The second kappa shape index (κ2) is 6.26. The number of fused-ring (bicyclic) bond motifs is 1. The zero-order valence-corrected chi connectivity index (χ0v) is 13.4. The average molecular weight is 318 g/mol. The predicted octanol–water partition coefficient (Wildman–Crippen LogP) is 3.18. The number of rotatable bonds is 5. The molecule has 0 aliphatic heterocycles. The third-order valence-corrected chi connectivity index (χ3v) is 5.17. The lowest BCUT2D eigenvalue weighted by Gasteiger charge is -2.22. The fraction of sp³-hybridized carbons (Fsp3) is 0.500. The number of nitrogens with one attached hydrogen (secondary N) is 1. The Balaban J connectivity index is 2.33. The van der Waals surface area contributed by atoms with Crippen LogP contribution >= 0.6 is 34.7 Å². The predicted molar refractivity (Wildman–Crippen MR) is 84.6 cm³/mol. The lowest BCUT2D eigenvalue weighted by Crippen LogP contribution is -2.31. The Kier molecular flexibility index (Phi) is 4.89. The summed E-state index contributed by atoms with van der Waals surface area (Å²) in [6, 6.07) is 2.15. The van der Waals surface area contributed by atoms with Gasteiger partial charge in [0, 0.05) is 16.2 Å². The molecule has 0 aliphatic rings. The highest BCUT2D eigenvalue weighted by Gasteiger charge is 2.18. The average Bonchev–Trinajstić information content (AvgIpc) is 2.71. The van der Waals surface area contributed by atoms with Crippen LogP contribution in [0.5, 0.6) is 0 Å². The first-order valence-corrected chi connectivity index (χ1v) is 8.37. The van der Waals surface area contributed by atoms with Crippen LogP contribution in [-0.4, -0.2) is 39.2 Å². The quantitative estimate of drug-likeness (QED) is 0.829. The van der Waals surface area contributed by atoms with Crippen molar-refractivity contribution < 1.29 is 5.11 Å². The number of aliphatic hydroxyl groups excluding tert-OH is 1. The van der Waals surface area contributed by atoms with Crippen molar-refractivity contribution in [2.24, 2.45) is 0 Å². The molecule has 2 aromatic heterocycles. The molecule has 104 valence electrons. The lowest BCUT2D eigenvalue weighted by atomic mass is 10.2. The number of anilines is 1. The Morgan fingerprint density at radius 1 is 1.53 bits per heavy atom. The Morgan fingerprint density at radius 2 is 2.26 bits per heavy atom. The minimum absolute atomic E-state index is 0.0920. The van der Waals surface area contributed by atoms with Gasteiger partial charge in [-0.15, -0.1) is 11.3 Å². The van der Waals surface area contributed by atoms with Crippen molar-refractivity contribution in [3.8, 4) is 0 Å². The maximum atomic E-state index is 9.33. The van der Waals surface area contributed by atoms with Gasteiger partial charge in [-0.1, -0.05) is 0 Å². The third kappa shape index (κ3) is 3.31. The van der Waals surface area contributed by atoms with Crippen molar-refractivity contribution in [3.63, 3.8) is 0 Å². The molecule has 2 atom stereocenters. The van der Waals surface area contributed by atoms with Crippen molar-refractivity contribution in [1.82, 2.24) is 9.97 Å². The van der Waals surface area contributed by atoms with Crippen molar-refractivity contribution >= 4 is 50.7 Å². The molecule has 7 heteroatoms. The highest BCUT2D eigenvalue weighted by molar-refractivity contribution is 7.99. The van der Waals surface area contributed by atoms with E-state index in [1.54, 1.807) is 23.1 Å². The molecule has 0 fully saturated rings. The summed E-state index contributed by atoms with van der Waals surface area (Å²) in [6.45, 7) is 4.18. The summed E-state index contributed by atoms with van der Waals surface area (Å²) in [7, 11) is 0. The number of aryl methyl sites for hydroxylation is 1. The van der Waals surface area contributed by atoms with Gasteiger partial charge in [0.15, 0.2) is 0 Å². The second-order valence-electron chi connectivity index (χ2n) is 4.31. The number of nitrogens with zero attached hydrogens (tertiary/aromatic N) is 2. The van der Waals surface area contributed by atoms with Crippen molar-refractivity contribution in [2.75, 3.05) is 18.2 Å². The first kappa shape index (κ1) is 14.8. The van der Waals surface area contributed by atoms with Gasteiger partial charge in [-0.2, -0.15) is 11.8 Å². The van der Waals surface area contributed by atoms with Gasteiger partial charge in [0.25, 0.3) is 0 Å². The standard InChI is InChI=1S/C12H16ClN3OS2/c1-6-4-8-10(14-7(2)9(5-17)18-3)15-12(13)16-11(8)19-6/h4,7,9,17H,5H2,1-3H3,(H,14,15,16). The Labute approximate surface area is 125 Å². The Morgan fingerprint density at radius 3 is 2.89 bits per heavy atom. The molecule has 2 N–H and O–H groups in total. The van der Waals surface area contributed by atoms with Crippen LogP contribution in [0.3, 0.4) is 0 Å². The van der Waals surface area contributed by atoms with Crippen LogP contribution in [0.1, 0.15) is 11.8 Å². The van der Waals surface area contributed by atoms with Crippen molar-refractivity contribution in [1.29, 1.82) is 0 Å². The van der Waals surface area contributed by atoms with E-state index in [1.165, 1.54) is 4.88 Å². The number of hydrogen-bond donors (Lipinski definition) is 2. The van der Waals surface area contributed by atoms with Crippen LogP contribution in [0.4, 0.5) is 5.82 Å². The number of hydrogen-bond acceptors (Lipinski definition) is 6. The molecule has 2 heterocycles. The van der Waals surface area contributed by atoms with Gasteiger partial charge in [0.05, 0.1) is 12.0 Å². The molecule has 0 aromatic carbocycles. The highest BCUT2D eigenvalue weighted by atomic mass is 35.5. The summed E-state index contributed by atoms with van der Waals surface area (Å²) in [5.74, 6) is 0.736. The van der Waals surface area contributed by atoms with Crippen LogP contribution in [0, 0.1) is 6.92 Å². The molecule has 19 heavy (non-hydrogen) atoms. The van der Waals surface area contributed by atoms with E-state index in [2.05, 4.69) is 21.4 Å². The maximum absolute atomic E-state index is 9.33. The number of thiophene rings is 1. The van der Waals surface area contributed by atoms with Gasteiger partial charge in [0.1, 0.15) is 10.6 Å². The fourth-order valence-electron chi connectivity index (χ4n) is 1.87. The Bertz CT molecular complexity index is 571. The normalized spacial score (nSPS) is 14.6. The summed E-state index contributed by atoms with van der Waals surface area (Å²) in [5.41, 5.74) is 0. The largest absolute Gasteiger partial charge is 0.395 e.